The Balaban J connectivity index is 1.85. The molecule has 0 aliphatic carbocycles. The summed E-state index contributed by atoms with van der Waals surface area (Å²) >= 11 is 0. The van der Waals surface area contributed by atoms with Gasteiger partial charge in [0.05, 0.1) is 16.6 Å². The minimum Gasteiger partial charge on any atom is -0.396 e. The first-order chi connectivity index (χ1) is 14.5. The monoisotopic (exact) mass is 431 g/mol. The number of pyridine rings is 2. The van der Waals surface area contributed by atoms with E-state index in [1.165, 1.54) is 6.92 Å². The molecule has 2 aromatic heterocycles. The fraction of sp³-hybridized carbons (Fsp3) is 0.500. The van der Waals surface area contributed by atoms with Crippen molar-refractivity contribution < 1.29 is 14.0 Å². The molecule has 2 aromatic rings. The first-order valence-corrected chi connectivity index (χ1v) is 10.2. The molecule has 2 aliphatic heterocycles. The van der Waals surface area contributed by atoms with Gasteiger partial charge in [-0.1, -0.05) is 0 Å². The molecule has 1 saturated heterocycles. The Kier molecular flexibility index (Phi) is 4.78. The maximum absolute atomic E-state index is 15.2. The molecule has 2 amide bonds. The van der Waals surface area contributed by atoms with Crippen molar-refractivity contribution in [1.82, 2.24) is 14.5 Å². The van der Waals surface area contributed by atoms with Crippen LogP contribution in [-0.4, -0.2) is 51.9 Å². The molecule has 0 unspecified atom stereocenters. The minimum absolute atomic E-state index is 0.00706. The van der Waals surface area contributed by atoms with Crippen LogP contribution in [0.1, 0.15) is 44.0 Å². The van der Waals surface area contributed by atoms with Gasteiger partial charge in [0.2, 0.25) is 11.3 Å². The van der Waals surface area contributed by atoms with Gasteiger partial charge in [-0.05, 0) is 26.7 Å². The molecular weight excluding hydrogens is 405 g/mol. The van der Waals surface area contributed by atoms with Crippen LogP contribution in [0.3, 0.4) is 0 Å². The Morgan fingerprint density at radius 2 is 1.94 bits per heavy atom. The summed E-state index contributed by atoms with van der Waals surface area (Å²) in [6.45, 7) is 6.87. The molecule has 1 fully saturated rings. The Morgan fingerprint density at radius 3 is 2.52 bits per heavy atom. The average Bonchev–Trinajstić information content (AvgIpc) is 3.00. The Hall–Kier alpha value is -3.37. The van der Waals surface area contributed by atoms with Crippen molar-refractivity contribution in [3.8, 4) is 0 Å². The van der Waals surface area contributed by atoms with E-state index in [1.54, 1.807) is 9.47 Å². The molecule has 2 aliphatic rings. The molecule has 0 aromatic carbocycles. The van der Waals surface area contributed by atoms with Gasteiger partial charge in [0, 0.05) is 32.6 Å². The van der Waals surface area contributed by atoms with Crippen molar-refractivity contribution in [3.63, 3.8) is 0 Å². The van der Waals surface area contributed by atoms with Crippen molar-refractivity contribution in [3.05, 3.63) is 21.6 Å². The minimum atomic E-state index is -0.917. The number of anilines is 3. The van der Waals surface area contributed by atoms with E-state index in [4.69, 9.17) is 11.5 Å². The first-order valence-electron chi connectivity index (χ1n) is 10.2. The second-order valence-electron chi connectivity index (χ2n) is 8.73. The number of hydrogen-bond acceptors (Lipinski definition) is 7. The van der Waals surface area contributed by atoms with Crippen LogP contribution in [-0.2, 0) is 10.3 Å². The average molecular weight is 431 g/mol. The molecule has 11 heteroatoms. The molecule has 4 rings (SSSR count). The first kappa shape index (κ1) is 20.9. The van der Waals surface area contributed by atoms with Crippen LogP contribution in [0.4, 0.5) is 21.7 Å². The van der Waals surface area contributed by atoms with E-state index < -0.39 is 22.7 Å². The van der Waals surface area contributed by atoms with Crippen LogP contribution >= 0.6 is 0 Å². The van der Waals surface area contributed by atoms with E-state index in [1.807, 2.05) is 13.8 Å². The SMILES string of the molecule is CC(=O)N1CCC(Nc2nc3c(c(N)c2F)c(=O)c(C(N)=O)c2n3C(C)(C)CN2)CC1. The Bertz CT molecular complexity index is 1170. The van der Waals surface area contributed by atoms with Gasteiger partial charge in [0.15, 0.2) is 17.3 Å². The number of carbonyl (C=O) groups excluding carboxylic acids is 2. The van der Waals surface area contributed by atoms with Crippen molar-refractivity contribution in [2.75, 3.05) is 36.0 Å². The molecule has 0 saturated carbocycles. The Morgan fingerprint density at radius 1 is 1.29 bits per heavy atom. The quantitative estimate of drug-likeness (QED) is 0.562. The Labute approximate surface area is 177 Å². The topological polar surface area (TPSA) is 148 Å². The van der Waals surface area contributed by atoms with Gasteiger partial charge >= 0.3 is 0 Å². The zero-order valence-electron chi connectivity index (χ0n) is 17.7. The summed E-state index contributed by atoms with van der Waals surface area (Å²) < 4.78 is 16.8. The number of primary amides is 1. The number of nitrogens with two attached hydrogens (primary N) is 2. The smallest absolute Gasteiger partial charge is 0.256 e. The number of halogens is 1. The number of carbonyl (C=O) groups is 2. The maximum atomic E-state index is 15.2. The standard InChI is InChI=1S/C20H26FN7O3/c1-9(29)27-6-4-10(5-7-27)25-17-13(21)14(22)11-15(30)12(16(23)31)18-24-8-20(2,3)28(18)19(11)26-17/h10,24H,4-8H2,1-3H3,(H2,23,31)(H3,22,25,26). The van der Waals surface area contributed by atoms with Crippen molar-refractivity contribution >= 4 is 40.2 Å². The lowest BCUT2D eigenvalue weighted by molar-refractivity contribution is -0.129. The van der Waals surface area contributed by atoms with Gasteiger partial charge in [-0.15, -0.1) is 0 Å². The summed E-state index contributed by atoms with van der Waals surface area (Å²) in [5.74, 6) is -1.56. The highest BCUT2D eigenvalue weighted by Crippen LogP contribution is 2.36. The number of amides is 2. The van der Waals surface area contributed by atoms with Gasteiger partial charge in [-0.2, -0.15) is 0 Å². The largest absolute Gasteiger partial charge is 0.396 e. The normalized spacial score (nSPS) is 18.0. The number of rotatable bonds is 3. The van der Waals surface area contributed by atoms with Crippen LogP contribution in [0.5, 0.6) is 0 Å². The fourth-order valence-corrected chi connectivity index (χ4v) is 4.40. The highest BCUT2D eigenvalue weighted by atomic mass is 19.1. The third-order valence-electron chi connectivity index (χ3n) is 6.10. The molecule has 31 heavy (non-hydrogen) atoms. The van der Waals surface area contributed by atoms with Crippen molar-refractivity contribution in [2.45, 2.75) is 45.2 Å². The second kappa shape index (κ2) is 7.10. The summed E-state index contributed by atoms with van der Waals surface area (Å²) in [5.41, 5.74) is 9.74. The molecule has 0 spiro atoms. The van der Waals surface area contributed by atoms with Crippen LogP contribution in [0.2, 0.25) is 0 Å². The van der Waals surface area contributed by atoms with Crippen LogP contribution in [0.15, 0.2) is 4.79 Å². The highest BCUT2D eigenvalue weighted by molar-refractivity contribution is 6.04. The van der Waals surface area contributed by atoms with Crippen molar-refractivity contribution in [2.24, 2.45) is 5.73 Å². The van der Waals surface area contributed by atoms with Gasteiger partial charge < -0.3 is 31.6 Å². The number of aromatic nitrogens is 2. The number of fused-ring (bicyclic) bond motifs is 3. The number of piperidine rings is 1. The molecule has 0 bridgehead atoms. The van der Waals surface area contributed by atoms with E-state index in [-0.39, 0.29) is 45.9 Å². The molecule has 0 radical (unpaired) electrons. The van der Waals surface area contributed by atoms with E-state index in [0.717, 1.165) is 0 Å². The van der Waals surface area contributed by atoms with Crippen LogP contribution in [0.25, 0.3) is 11.0 Å². The van der Waals surface area contributed by atoms with E-state index in [9.17, 15) is 14.4 Å². The van der Waals surface area contributed by atoms with Gasteiger partial charge in [0.1, 0.15) is 11.4 Å². The lowest BCUT2D eigenvalue weighted by atomic mass is 10.0. The highest BCUT2D eigenvalue weighted by Gasteiger charge is 2.37. The maximum Gasteiger partial charge on any atom is 0.256 e. The summed E-state index contributed by atoms with van der Waals surface area (Å²) in [4.78, 5) is 42.7. The number of nitrogen functional groups attached to an aromatic ring is 1. The van der Waals surface area contributed by atoms with Crippen LogP contribution in [0, 0.1) is 5.82 Å². The van der Waals surface area contributed by atoms with Gasteiger partial charge in [-0.3, -0.25) is 14.4 Å². The molecule has 10 nitrogen and oxygen atoms in total. The predicted molar refractivity (Wildman–Crippen MR) is 116 cm³/mol. The summed E-state index contributed by atoms with van der Waals surface area (Å²) in [6, 6.07) is -0.102. The fourth-order valence-electron chi connectivity index (χ4n) is 4.40. The molecule has 4 heterocycles. The number of nitrogens with one attached hydrogen (secondary N) is 2. The predicted octanol–water partition coefficient (Wildman–Crippen LogP) is 0.800. The van der Waals surface area contributed by atoms with E-state index >= 15 is 4.39 Å². The summed E-state index contributed by atoms with van der Waals surface area (Å²) in [5, 5.41) is 5.98. The molecule has 166 valence electrons. The van der Waals surface area contributed by atoms with E-state index in [0.29, 0.717) is 32.5 Å². The molecule has 0 atom stereocenters. The third-order valence-corrected chi connectivity index (χ3v) is 6.10. The number of likely N-dealkylation sites (tertiary alicyclic amines) is 1. The number of hydrogen-bond donors (Lipinski definition) is 4. The summed E-state index contributed by atoms with van der Waals surface area (Å²) in [7, 11) is 0. The zero-order valence-corrected chi connectivity index (χ0v) is 17.7. The second-order valence-corrected chi connectivity index (χ2v) is 8.73. The summed E-state index contributed by atoms with van der Waals surface area (Å²) in [6.07, 6.45) is 1.26. The molecular formula is C20H26FN7O3. The lowest BCUT2D eigenvalue weighted by Gasteiger charge is -2.32. The van der Waals surface area contributed by atoms with Gasteiger partial charge in [-0.25, -0.2) is 9.37 Å². The third kappa shape index (κ3) is 3.24. The van der Waals surface area contributed by atoms with E-state index in [2.05, 4.69) is 15.6 Å². The van der Waals surface area contributed by atoms with Crippen LogP contribution < -0.4 is 27.5 Å². The molecule has 6 N–H and O–H groups in total. The zero-order chi connectivity index (χ0) is 22.7. The lowest BCUT2D eigenvalue weighted by Crippen LogP contribution is -2.41. The van der Waals surface area contributed by atoms with Gasteiger partial charge in [0.25, 0.3) is 5.91 Å². The van der Waals surface area contributed by atoms with Crippen molar-refractivity contribution in [1.29, 1.82) is 0 Å². The number of nitrogens with zero attached hydrogens (tertiary/aromatic N) is 3.